The van der Waals surface area contributed by atoms with Crippen molar-refractivity contribution >= 4 is 17.7 Å². The SMILES string of the molecule is CC(C)(C)OC(=O)N1CCC(CNC(=O)c2ccccc2N)CC1. The second-order valence-electron chi connectivity index (χ2n) is 7.21. The normalized spacial score (nSPS) is 15.9. The van der Waals surface area contributed by atoms with Gasteiger partial charge in [-0.15, -0.1) is 0 Å². The van der Waals surface area contributed by atoms with Crippen LogP contribution in [-0.2, 0) is 4.74 Å². The number of piperidine rings is 1. The van der Waals surface area contributed by atoms with Gasteiger partial charge in [0.15, 0.2) is 0 Å². The molecule has 1 saturated heterocycles. The van der Waals surface area contributed by atoms with E-state index in [4.69, 9.17) is 10.5 Å². The van der Waals surface area contributed by atoms with Crippen molar-refractivity contribution in [2.75, 3.05) is 25.4 Å². The molecule has 0 saturated carbocycles. The summed E-state index contributed by atoms with van der Waals surface area (Å²) >= 11 is 0. The Balaban J connectivity index is 1.76. The zero-order valence-electron chi connectivity index (χ0n) is 14.7. The minimum Gasteiger partial charge on any atom is -0.444 e. The number of carbonyl (C=O) groups excluding carboxylic acids is 2. The molecule has 1 aromatic rings. The van der Waals surface area contributed by atoms with Crippen LogP contribution < -0.4 is 11.1 Å². The summed E-state index contributed by atoms with van der Waals surface area (Å²) < 4.78 is 5.38. The summed E-state index contributed by atoms with van der Waals surface area (Å²) in [6.07, 6.45) is 1.44. The molecule has 1 aliphatic rings. The summed E-state index contributed by atoms with van der Waals surface area (Å²) in [5.74, 6) is 0.209. The second-order valence-corrected chi connectivity index (χ2v) is 7.21. The van der Waals surface area contributed by atoms with Gasteiger partial charge in [-0.2, -0.15) is 0 Å². The van der Waals surface area contributed by atoms with E-state index in [1.165, 1.54) is 0 Å². The maximum absolute atomic E-state index is 12.2. The van der Waals surface area contributed by atoms with E-state index in [1.807, 2.05) is 20.8 Å². The number of nitrogens with one attached hydrogen (secondary N) is 1. The number of rotatable bonds is 3. The molecule has 0 bridgehead atoms. The minimum atomic E-state index is -0.475. The molecule has 2 rings (SSSR count). The molecule has 24 heavy (non-hydrogen) atoms. The summed E-state index contributed by atoms with van der Waals surface area (Å²) in [4.78, 5) is 25.9. The highest BCUT2D eigenvalue weighted by Gasteiger charge is 2.27. The first-order valence-corrected chi connectivity index (χ1v) is 8.37. The fourth-order valence-corrected chi connectivity index (χ4v) is 2.68. The van der Waals surface area contributed by atoms with Crippen LogP contribution in [0.1, 0.15) is 44.0 Å². The number of anilines is 1. The number of nitrogens with zero attached hydrogens (tertiary/aromatic N) is 1. The zero-order valence-corrected chi connectivity index (χ0v) is 14.7. The van der Waals surface area contributed by atoms with E-state index in [9.17, 15) is 9.59 Å². The summed E-state index contributed by atoms with van der Waals surface area (Å²) in [5, 5.41) is 2.94. The van der Waals surface area contributed by atoms with Gasteiger partial charge in [0.05, 0.1) is 5.56 Å². The van der Waals surface area contributed by atoms with Crippen LogP contribution >= 0.6 is 0 Å². The number of hydrogen-bond donors (Lipinski definition) is 2. The van der Waals surface area contributed by atoms with Crippen LogP contribution in [0.25, 0.3) is 0 Å². The lowest BCUT2D eigenvalue weighted by Crippen LogP contribution is -2.43. The van der Waals surface area contributed by atoms with E-state index < -0.39 is 5.60 Å². The third-order valence-corrected chi connectivity index (χ3v) is 4.02. The first-order chi connectivity index (χ1) is 11.3. The van der Waals surface area contributed by atoms with E-state index in [1.54, 1.807) is 29.2 Å². The molecule has 1 aromatic carbocycles. The average Bonchev–Trinajstić information content (AvgIpc) is 2.52. The second kappa shape index (κ2) is 7.55. The van der Waals surface area contributed by atoms with Crippen LogP contribution in [0.2, 0.25) is 0 Å². The highest BCUT2D eigenvalue weighted by Crippen LogP contribution is 2.19. The zero-order chi connectivity index (χ0) is 17.7. The van der Waals surface area contributed by atoms with Gasteiger partial charge in [0, 0.05) is 25.3 Å². The third kappa shape index (κ3) is 5.15. The third-order valence-electron chi connectivity index (χ3n) is 4.02. The van der Waals surface area contributed by atoms with Gasteiger partial charge in [-0.25, -0.2) is 4.79 Å². The van der Waals surface area contributed by atoms with Gasteiger partial charge in [0.1, 0.15) is 5.60 Å². The van der Waals surface area contributed by atoms with Crippen molar-refractivity contribution in [1.29, 1.82) is 0 Å². The predicted molar refractivity (Wildman–Crippen MR) is 93.7 cm³/mol. The fraction of sp³-hybridized carbons (Fsp3) is 0.556. The van der Waals surface area contributed by atoms with Crippen molar-refractivity contribution < 1.29 is 14.3 Å². The molecule has 0 unspecified atom stereocenters. The van der Waals surface area contributed by atoms with Crippen molar-refractivity contribution in [2.45, 2.75) is 39.2 Å². The lowest BCUT2D eigenvalue weighted by atomic mass is 9.97. The largest absolute Gasteiger partial charge is 0.444 e. The van der Waals surface area contributed by atoms with Crippen LogP contribution in [-0.4, -0.2) is 42.1 Å². The number of nitrogen functional groups attached to an aromatic ring is 1. The fourth-order valence-electron chi connectivity index (χ4n) is 2.68. The van der Waals surface area contributed by atoms with Crippen LogP contribution in [0.4, 0.5) is 10.5 Å². The van der Waals surface area contributed by atoms with Gasteiger partial charge >= 0.3 is 6.09 Å². The number of likely N-dealkylation sites (tertiary alicyclic amines) is 1. The summed E-state index contributed by atoms with van der Waals surface area (Å²) in [6, 6.07) is 7.03. The molecule has 1 aliphatic heterocycles. The van der Waals surface area contributed by atoms with Crippen LogP contribution in [0.5, 0.6) is 0 Å². The molecule has 3 N–H and O–H groups in total. The number of amides is 2. The molecule has 0 radical (unpaired) electrons. The maximum Gasteiger partial charge on any atom is 0.410 e. The van der Waals surface area contributed by atoms with E-state index >= 15 is 0 Å². The Bertz CT molecular complexity index is 587. The van der Waals surface area contributed by atoms with Gasteiger partial charge in [0.2, 0.25) is 0 Å². The number of hydrogen-bond acceptors (Lipinski definition) is 4. The maximum atomic E-state index is 12.2. The summed E-state index contributed by atoms with van der Waals surface area (Å²) in [6.45, 7) is 7.49. The summed E-state index contributed by atoms with van der Waals surface area (Å²) in [5.41, 5.74) is 6.32. The van der Waals surface area contributed by atoms with E-state index in [0.717, 1.165) is 12.8 Å². The topological polar surface area (TPSA) is 84.7 Å². The first-order valence-electron chi connectivity index (χ1n) is 8.37. The molecule has 2 amide bonds. The molecule has 0 aliphatic carbocycles. The lowest BCUT2D eigenvalue weighted by molar-refractivity contribution is 0.0183. The molecule has 1 fully saturated rings. The van der Waals surface area contributed by atoms with E-state index in [-0.39, 0.29) is 12.0 Å². The lowest BCUT2D eigenvalue weighted by Gasteiger charge is -2.33. The predicted octanol–water partition coefficient (Wildman–Crippen LogP) is 2.65. The molecular weight excluding hydrogens is 306 g/mol. The van der Waals surface area contributed by atoms with Crippen LogP contribution in [0.15, 0.2) is 24.3 Å². The van der Waals surface area contributed by atoms with Crippen LogP contribution in [0, 0.1) is 5.92 Å². The monoisotopic (exact) mass is 333 g/mol. The highest BCUT2D eigenvalue weighted by molar-refractivity contribution is 5.99. The number of carbonyl (C=O) groups is 2. The highest BCUT2D eigenvalue weighted by atomic mass is 16.6. The van der Waals surface area contributed by atoms with Crippen LogP contribution in [0.3, 0.4) is 0 Å². The number of benzene rings is 1. The first kappa shape index (κ1) is 18.1. The Morgan fingerprint density at radius 2 is 1.88 bits per heavy atom. The minimum absolute atomic E-state index is 0.150. The van der Waals surface area contributed by atoms with E-state index in [2.05, 4.69) is 5.32 Å². The smallest absolute Gasteiger partial charge is 0.410 e. The van der Waals surface area contributed by atoms with Gasteiger partial charge < -0.3 is 20.7 Å². The van der Waals surface area contributed by atoms with Crippen molar-refractivity contribution in [2.24, 2.45) is 5.92 Å². The molecular formula is C18H27N3O3. The standard InChI is InChI=1S/C18H27N3O3/c1-18(2,3)24-17(23)21-10-8-13(9-11-21)12-20-16(22)14-6-4-5-7-15(14)19/h4-7,13H,8-12,19H2,1-3H3,(H,20,22). The van der Waals surface area contributed by atoms with Crippen molar-refractivity contribution in [1.82, 2.24) is 10.2 Å². The van der Waals surface area contributed by atoms with Crippen molar-refractivity contribution in [3.8, 4) is 0 Å². The van der Waals surface area contributed by atoms with E-state index in [0.29, 0.717) is 36.8 Å². The molecule has 1 heterocycles. The molecule has 0 spiro atoms. The Morgan fingerprint density at radius 1 is 1.25 bits per heavy atom. The average molecular weight is 333 g/mol. The number of nitrogens with two attached hydrogens (primary N) is 1. The number of ether oxygens (including phenoxy) is 1. The van der Waals surface area contributed by atoms with Crippen molar-refractivity contribution in [3.63, 3.8) is 0 Å². The molecule has 132 valence electrons. The molecule has 0 atom stereocenters. The Hall–Kier alpha value is -2.24. The Morgan fingerprint density at radius 3 is 2.46 bits per heavy atom. The van der Waals surface area contributed by atoms with Gasteiger partial charge in [-0.1, -0.05) is 12.1 Å². The Kier molecular flexibility index (Phi) is 5.70. The Labute approximate surface area is 143 Å². The molecule has 6 heteroatoms. The van der Waals surface area contributed by atoms with Gasteiger partial charge in [-0.05, 0) is 51.7 Å². The van der Waals surface area contributed by atoms with Gasteiger partial charge in [-0.3, -0.25) is 4.79 Å². The van der Waals surface area contributed by atoms with Crippen molar-refractivity contribution in [3.05, 3.63) is 29.8 Å². The molecule has 0 aromatic heterocycles. The molecule has 6 nitrogen and oxygen atoms in total. The van der Waals surface area contributed by atoms with Gasteiger partial charge in [0.25, 0.3) is 5.91 Å². The summed E-state index contributed by atoms with van der Waals surface area (Å²) in [7, 11) is 0. The number of para-hydroxylation sites is 1. The quantitative estimate of drug-likeness (QED) is 0.833.